The smallest absolute Gasteiger partial charge is 0.261 e. The van der Waals surface area contributed by atoms with E-state index in [1.54, 1.807) is 12.4 Å². The first-order valence-corrected chi connectivity index (χ1v) is 9.48. The predicted molar refractivity (Wildman–Crippen MR) is 90.2 cm³/mol. The van der Waals surface area contributed by atoms with Gasteiger partial charge in [0.15, 0.2) is 0 Å². The van der Waals surface area contributed by atoms with Crippen molar-refractivity contribution in [1.29, 1.82) is 0 Å². The van der Waals surface area contributed by atoms with Crippen molar-refractivity contribution >= 4 is 16.7 Å². The highest BCUT2D eigenvalue weighted by atomic mass is 32.2. The largest absolute Gasteiger partial charge is 0.494 e. The molecule has 23 heavy (non-hydrogen) atoms. The van der Waals surface area contributed by atoms with E-state index in [1.165, 1.54) is 11.8 Å². The molecule has 0 aromatic heterocycles. The molecule has 1 amide bonds. The van der Waals surface area contributed by atoms with Gasteiger partial charge in [0.25, 0.3) is 5.91 Å². The molecule has 0 aliphatic heterocycles. The van der Waals surface area contributed by atoms with E-state index in [4.69, 9.17) is 9.94 Å². The minimum Gasteiger partial charge on any atom is -0.494 e. The molecule has 2 rings (SSSR count). The first-order chi connectivity index (χ1) is 11.0. The van der Waals surface area contributed by atoms with Crippen molar-refractivity contribution in [3.05, 3.63) is 35.6 Å². The molecular formula is C17H25NO4S. The van der Waals surface area contributed by atoms with Crippen LogP contribution >= 0.6 is 0 Å². The molecule has 0 heterocycles. The molecule has 2 aliphatic rings. The number of hydroxylamine groups is 1. The maximum Gasteiger partial charge on any atom is 0.261 e. The Morgan fingerprint density at radius 1 is 1.52 bits per heavy atom. The second kappa shape index (κ2) is 7.93. The van der Waals surface area contributed by atoms with E-state index in [2.05, 4.69) is 18.2 Å². The summed E-state index contributed by atoms with van der Waals surface area (Å²) in [6, 6.07) is 0. The zero-order chi connectivity index (χ0) is 16.9. The van der Waals surface area contributed by atoms with Crippen LogP contribution in [0.4, 0.5) is 0 Å². The topological polar surface area (TPSA) is 75.6 Å². The van der Waals surface area contributed by atoms with Gasteiger partial charge >= 0.3 is 0 Å². The second-order valence-electron chi connectivity index (χ2n) is 6.29. The fourth-order valence-electron chi connectivity index (χ4n) is 2.51. The summed E-state index contributed by atoms with van der Waals surface area (Å²) in [7, 11) is -1.35. The SMILES string of the molecule is CS(=O)C(C)(CCC1C=CC(OCCC2=CC2)=CC1)C(=O)NO. The standard InChI is InChI=1S/C17H25NO4S/c1-17(23(2)21,16(19)18-20)11-9-13-5-7-15(8-6-13)22-12-10-14-3-4-14/h3,5,7-8,13,20H,4,6,9-12H2,1-2H3,(H,18,19). The molecule has 0 aromatic carbocycles. The van der Waals surface area contributed by atoms with E-state index in [-0.39, 0.29) is 0 Å². The fraction of sp³-hybridized carbons (Fsp3) is 0.588. The first kappa shape index (κ1) is 17.9. The van der Waals surface area contributed by atoms with Gasteiger partial charge in [0, 0.05) is 23.5 Å². The first-order valence-electron chi connectivity index (χ1n) is 7.93. The molecule has 128 valence electrons. The number of carbonyl (C=O) groups is 1. The van der Waals surface area contributed by atoms with Gasteiger partial charge in [0.05, 0.1) is 6.61 Å². The summed E-state index contributed by atoms with van der Waals surface area (Å²) in [5.41, 5.74) is 3.10. The third-order valence-electron chi connectivity index (χ3n) is 4.55. The molecule has 3 atom stereocenters. The molecule has 5 nitrogen and oxygen atoms in total. The van der Waals surface area contributed by atoms with Crippen molar-refractivity contribution in [3.63, 3.8) is 0 Å². The van der Waals surface area contributed by atoms with Gasteiger partial charge in [-0.05, 0) is 50.7 Å². The van der Waals surface area contributed by atoms with Crippen LogP contribution in [-0.2, 0) is 20.3 Å². The predicted octanol–water partition coefficient (Wildman–Crippen LogP) is 2.61. The van der Waals surface area contributed by atoms with Crippen LogP contribution in [-0.4, -0.2) is 32.9 Å². The molecule has 0 saturated heterocycles. The number of rotatable bonds is 9. The van der Waals surface area contributed by atoms with Crippen molar-refractivity contribution in [2.45, 2.75) is 43.8 Å². The van der Waals surface area contributed by atoms with Gasteiger partial charge < -0.3 is 4.74 Å². The molecule has 0 fully saturated rings. The number of allylic oxidation sites excluding steroid dienone is 4. The van der Waals surface area contributed by atoms with Crippen LogP contribution in [0.15, 0.2) is 35.6 Å². The minimum absolute atomic E-state index is 0.294. The molecule has 2 aliphatic carbocycles. The van der Waals surface area contributed by atoms with Gasteiger partial charge in [-0.15, -0.1) is 0 Å². The van der Waals surface area contributed by atoms with E-state index in [0.29, 0.717) is 12.3 Å². The van der Waals surface area contributed by atoms with Gasteiger partial charge in [-0.1, -0.05) is 17.7 Å². The zero-order valence-electron chi connectivity index (χ0n) is 13.7. The van der Waals surface area contributed by atoms with Crippen LogP contribution in [0.5, 0.6) is 0 Å². The summed E-state index contributed by atoms with van der Waals surface area (Å²) in [6.45, 7) is 2.34. The summed E-state index contributed by atoms with van der Waals surface area (Å²) < 4.78 is 16.5. The average molecular weight is 339 g/mol. The number of hydrogen-bond donors (Lipinski definition) is 2. The highest BCUT2D eigenvalue weighted by Gasteiger charge is 2.37. The number of carbonyl (C=O) groups excluding carboxylic acids is 1. The number of hydrogen-bond acceptors (Lipinski definition) is 4. The van der Waals surface area contributed by atoms with Crippen molar-refractivity contribution in [2.24, 2.45) is 5.92 Å². The van der Waals surface area contributed by atoms with E-state index in [0.717, 1.165) is 38.0 Å². The van der Waals surface area contributed by atoms with E-state index >= 15 is 0 Å². The van der Waals surface area contributed by atoms with Crippen LogP contribution < -0.4 is 5.48 Å². The molecule has 0 spiro atoms. The van der Waals surface area contributed by atoms with Crippen LogP contribution in [0.2, 0.25) is 0 Å². The van der Waals surface area contributed by atoms with Crippen molar-refractivity contribution < 1.29 is 18.9 Å². The Morgan fingerprint density at radius 2 is 2.26 bits per heavy atom. The third kappa shape index (κ3) is 5.04. The summed E-state index contributed by atoms with van der Waals surface area (Å²) >= 11 is 0. The maximum atomic E-state index is 11.9. The molecule has 0 radical (unpaired) electrons. The summed E-state index contributed by atoms with van der Waals surface area (Å²) in [5.74, 6) is 0.604. The lowest BCUT2D eigenvalue weighted by Gasteiger charge is -2.26. The summed E-state index contributed by atoms with van der Waals surface area (Å²) in [4.78, 5) is 11.8. The monoisotopic (exact) mass is 339 g/mol. The van der Waals surface area contributed by atoms with Crippen molar-refractivity contribution in [2.75, 3.05) is 12.9 Å². The Hall–Kier alpha value is -1.40. The van der Waals surface area contributed by atoms with Gasteiger partial charge in [-0.3, -0.25) is 14.2 Å². The highest BCUT2D eigenvalue weighted by Crippen LogP contribution is 2.28. The Labute approximate surface area is 139 Å². The highest BCUT2D eigenvalue weighted by molar-refractivity contribution is 7.86. The van der Waals surface area contributed by atoms with Gasteiger partial charge in [0.2, 0.25) is 0 Å². The molecule has 0 saturated carbocycles. The molecule has 6 heteroatoms. The zero-order valence-corrected chi connectivity index (χ0v) is 14.5. The molecular weight excluding hydrogens is 314 g/mol. The van der Waals surface area contributed by atoms with Gasteiger partial charge in [-0.25, -0.2) is 5.48 Å². The van der Waals surface area contributed by atoms with Crippen molar-refractivity contribution in [3.8, 4) is 0 Å². The molecule has 3 unspecified atom stereocenters. The maximum absolute atomic E-state index is 11.9. The number of ether oxygens (including phenoxy) is 1. The van der Waals surface area contributed by atoms with Gasteiger partial charge in [-0.2, -0.15) is 0 Å². The van der Waals surface area contributed by atoms with Crippen LogP contribution in [0.1, 0.15) is 39.0 Å². The Morgan fingerprint density at radius 3 is 2.78 bits per heavy atom. The van der Waals surface area contributed by atoms with Crippen LogP contribution in [0.25, 0.3) is 0 Å². The molecule has 0 bridgehead atoms. The van der Waals surface area contributed by atoms with E-state index in [9.17, 15) is 9.00 Å². The van der Waals surface area contributed by atoms with Crippen LogP contribution in [0, 0.1) is 5.92 Å². The van der Waals surface area contributed by atoms with Gasteiger partial charge in [0.1, 0.15) is 10.5 Å². The number of amides is 1. The Bertz CT molecular complexity index is 567. The normalized spacial score (nSPS) is 23.3. The van der Waals surface area contributed by atoms with E-state index < -0.39 is 21.5 Å². The second-order valence-corrected chi connectivity index (χ2v) is 8.10. The van der Waals surface area contributed by atoms with Crippen LogP contribution in [0.3, 0.4) is 0 Å². The average Bonchev–Trinajstić information content (AvgIpc) is 3.37. The lowest BCUT2D eigenvalue weighted by atomic mass is 9.91. The Kier molecular flexibility index (Phi) is 6.18. The molecule has 0 aromatic rings. The fourth-order valence-corrected chi connectivity index (χ4v) is 3.22. The van der Waals surface area contributed by atoms with Crippen molar-refractivity contribution in [1.82, 2.24) is 5.48 Å². The number of nitrogens with one attached hydrogen (secondary N) is 1. The minimum atomic E-state index is -1.35. The summed E-state index contributed by atoms with van der Waals surface area (Å²) in [6.07, 6.45) is 14.0. The Balaban J connectivity index is 1.77. The lowest BCUT2D eigenvalue weighted by molar-refractivity contribution is -0.131. The molecule has 2 N–H and O–H groups in total. The van der Waals surface area contributed by atoms with E-state index in [1.807, 2.05) is 6.08 Å². The quantitative estimate of drug-likeness (QED) is 0.385. The summed E-state index contributed by atoms with van der Waals surface area (Å²) in [5, 5.41) is 8.84. The third-order valence-corrected chi connectivity index (χ3v) is 6.21. The lowest BCUT2D eigenvalue weighted by Crippen LogP contribution is -2.46.